The molecule has 3 aromatic rings. The number of carboxylic acids is 1. The maximum Gasteiger partial charge on any atom is 0.358 e. The van der Waals surface area contributed by atoms with Crippen molar-refractivity contribution in [1.82, 2.24) is 9.97 Å². The van der Waals surface area contributed by atoms with Crippen LogP contribution in [0.2, 0.25) is 0 Å². The number of carbonyl (C=O) groups is 2. The Labute approximate surface area is 236 Å². The van der Waals surface area contributed by atoms with Gasteiger partial charge in [-0.1, -0.05) is 0 Å². The minimum atomic E-state index is -1.19. The lowest BCUT2D eigenvalue weighted by molar-refractivity contribution is 0.0685. The van der Waals surface area contributed by atoms with Gasteiger partial charge in [-0.3, -0.25) is 0 Å². The maximum atomic E-state index is 12.6. The molecule has 2 aliphatic heterocycles. The summed E-state index contributed by atoms with van der Waals surface area (Å²) in [6.45, 7) is 6.28. The molecule has 0 aliphatic carbocycles. The average Bonchev–Trinajstić information content (AvgIpc) is 2.99. The molecular formula is C28H32N6O5S. The number of anilines is 4. The number of nitrogens with one attached hydrogen (secondary N) is 2. The molecule has 11 nitrogen and oxygen atoms in total. The number of aromatic carboxylic acids is 1. The van der Waals surface area contributed by atoms with Crippen LogP contribution in [0.4, 0.5) is 27.7 Å². The van der Waals surface area contributed by atoms with Crippen molar-refractivity contribution in [2.45, 2.75) is 6.92 Å². The summed E-state index contributed by atoms with van der Waals surface area (Å²) in [6.07, 6.45) is 0. The van der Waals surface area contributed by atoms with E-state index in [1.807, 2.05) is 40.9 Å². The largest absolute Gasteiger partial charge is 0.488 e. The van der Waals surface area contributed by atoms with E-state index in [0.717, 1.165) is 30.3 Å². The molecule has 210 valence electrons. The number of urea groups is 1. The molecule has 2 aliphatic rings. The molecule has 2 aromatic carbocycles. The molecule has 0 atom stereocenters. The standard InChI is InChI=1S/C28H32N6O5S/c1-2-39-24-23(27(35)36)31-25(32-26(24)34-11-15-38-16-12-34)19-3-5-20(6-4-19)29-28(37)30-21-7-9-22(10-8-21)33-13-17-40-18-14-33/h3-10H,2,11-18H2,1H3,(H,35,36)(H2,29,30,37). The molecule has 5 rings (SSSR count). The number of rotatable bonds is 8. The van der Waals surface area contributed by atoms with Crippen LogP contribution in [0.3, 0.4) is 0 Å². The minimum absolute atomic E-state index is 0.151. The molecule has 1 aromatic heterocycles. The Morgan fingerprint density at radius 3 is 2.15 bits per heavy atom. The van der Waals surface area contributed by atoms with Gasteiger partial charge < -0.3 is 35.0 Å². The third kappa shape index (κ3) is 6.57. The topological polar surface area (TPSA) is 129 Å². The number of thioether (sulfide) groups is 1. The summed E-state index contributed by atoms with van der Waals surface area (Å²) in [5.41, 5.74) is 2.84. The van der Waals surface area contributed by atoms with E-state index >= 15 is 0 Å². The summed E-state index contributed by atoms with van der Waals surface area (Å²) < 4.78 is 11.1. The van der Waals surface area contributed by atoms with Gasteiger partial charge in [-0.2, -0.15) is 11.8 Å². The van der Waals surface area contributed by atoms with Gasteiger partial charge in [0.1, 0.15) is 0 Å². The van der Waals surface area contributed by atoms with Gasteiger partial charge in [-0.05, 0) is 55.5 Å². The Morgan fingerprint density at radius 2 is 1.55 bits per heavy atom. The lowest BCUT2D eigenvalue weighted by atomic mass is 10.2. The van der Waals surface area contributed by atoms with Crippen molar-refractivity contribution in [3.05, 3.63) is 54.2 Å². The van der Waals surface area contributed by atoms with E-state index in [1.54, 1.807) is 31.2 Å². The van der Waals surface area contributed by atoms with Crippen molar-refractivity contribution in [2.24, 2.45) is 0 Å². The number of carbonyl (C=O) groups excluding carboxylic acids is 1. The zero-order valence-electron chi connectivity index (χ0n) is 22.3. The van der Waals surface area contributed by atoms with Gasteiger partial charge in [0.25, 0.3) is 0 Å². The first-order valence-electron chi connectivity index (χ1n) is 13.2. The SMILES string of the molecule is CCOc1c(C(=O)O)nc(-c2ccc(NC(=O)Nc3ccc(N4CCSCC4)cc3)cc2)nc1N1CCOCC1. The van der Waals surface area contributed by atoms with Gasteiger partial charge in [0, 0.05) is 60.3 Å². The van der Waals surface area contributed by atoms with E-state index in [4.69, 9.17) is 9.47 Å². The van der Waals surface area contributed by atoms with E-state index in [9.17, 15) is 14.7 Å². The van der Waals surface area contributed by atoms with Crippen LogP contribution in [0.1, 0.15) is 17.4 Å². The second-order valence-corrected chi connectivity index (χ2v) is 10.4. The summed E-state index contributed by atoms with van der Waals surface area (Å²) in [7, 11) is 0. The van der Waals surface area contributed by atoms with Gasteiger partial charge in [-0.25, -0.2) is 19.6 Å². The molecule has 0 bridgehead atoms. The zero-order valence-corrected chi connectivity index (χ0v) is 23.1. The fourth-order valence-corrected chi connectivity index (χ4v) is 5.46. The normalized spacial score (nSPS) is 15.4. The van der Waals surface area contributed by atoms with Crippen molar-refractivity contribution >= 4 is 46.6 Å². The number of hydrogen-bond donors (Lipinski definition) is 3. The molecule has 0 spiro atoms. The number of nitrogens with zero attached hydrogens (tertiary/aromatic N) is 4. The number of carboxylic acid groups (broad SMARTS) is 1. The lowest BCUT2D eigenvalue weighted by Crippen LogP contribution is -2.37. The Balaban J connectivity index is 1.29. The summed E-state index contributed by atoms with van der Waals surface area (Å²) in [5, 5.41) is 15.5. The van der Waals surface area contributed by atoms with Crippen molar-refractivity contribution in [3.63, 3.8) is 0 Å². The minimum Gasteiger partial charge on any atom is -0.488 e. The predicted octanol–water partition coefficient (Wildman–Crippen LogP) is 4.27. The van der Waals surface area contributed by atoms with Crippen LogP contribution in [-0.2, 0) is 4.74 Å². The molecule has 3 N–H and O–H groups in total. The molecule has 2 amide bonds. The van der Waals surface area contributed by atoms with E-state index in [-0.39, 0.29) is 29.9 Å². The highest BCUT2D eigenvalue weighted by atomic mass is 32.2. The Hall–Kier alpha value is -4.03. The molecule has 2 saturated heterocycles. The number of ether oxygens (including phenoxy) is 2. The van der Waals surface area contributed by atoms with Gasteiger partial charge in [-0.15, -0.1) is 0 Å². The smallest absolute Gasteiger partial charge is 0.358 e. The molecule has 40 heavy (non-hydrogen) atoms. The van der Waals surface area contributed by atoms with Gasteiger partial charge >= 0.3 is 12.0 Å². The first kappa shape index (κ1) is 27.5. The van der Waals surface area contributed by atoms with Gasteiger partial charge in [0.05, 0.1) is 19.8 Å². The second-order valence-electron chi connectivity index (χ2n) is 9.19. The summed E-state index contributed by atoms with van der Waals surface area (Å²) in [5.74, 6) is 1.90. The van der Waals surface area contributed by atoms with Crippen LogP contribution < -0.4 is 25.2 Å². The monoisotopic (exact) mass is 564 g/mol. The van der Waals surface area contributed by atoms with Crippen LogP contribution in [0.5, 0.6) is 5.75 Å². The number of hydrogen-bond acceptors (Lipinski definition) is 9. The summed E-state index contributed by atoms with van der Waals surface area (Å²) >= 11 is 1.97. The van der Waals surface area contributed by atoms with Crippen molar-refractivity contribution in [2.75, 3.05) is 77.9 Å². The number of aromatic nitrogens is 2. The highest BCUT2D eigenvalue weighted by molar-refractivity contribution is 7.99. The first-order chi connectivity index (χ1) is 19.5. The van der Waals surface area contributed by atoms with Crippen LogP contribution >= 0.6 is 11.8 Å². The summed E-state index contributed by atoms with van der Waals surface area (Å²) in [4.78, 5) is 38.0. The fraction of sp³-hybridized carbons (Fsp3) is 0.357. The average molecular weight is 565 g/mol. The molecule has 0 unspecified atom stereocenters. The van der Waals surface area contributed by atoms with Crippen LogP contribution in [0.25, 0.3) is 11.4 Å². The van der Waals surface area contributed by atoms with Crippen LogP contribution in [0.15, 0.2) is 48.5 Å². The maximum absolute atomic E-state index is 12.6. The second kappa shape index (κ2) is 12.9. The fourth-order valence-electron chi connectivity index (χ4n) is 4.55. The van der Waals surface area contributed by atoms with Crippen molar-refractivity contribution in [1.29, 1.82) is 0 Å². The number of morpholine rings is 1. The third-order valence-corrected chi connectivity index (χ3v) is 7.49. The Kier molecular flexibility index (Phi) is 8.87. The van der Waals surface area contributed by atoms with Crippen molar-refractivity contribution in [3.8, 4) is 17.1 Å². The van der Waals surface area contributed by atoms with Gasteiger partial charge in [0.15, 0.2) is 23.1 Å². The Bertz CT molecular complexity index is 1330. The molecule has 3 heterocycles. The molecule has 0 radical (unpaired) electrons. The zero-order chi connectivity index (χ0) is 27.9. The van der Waals surface area contributed by atoms with Gasteiger partial charge in [0.2, 0.25) is 0 Å². The van der Waals surface area contributed by atoms with Crippen molar-refractivity contribution < 1.29 is 24.2 Å². The van der Waals surface area contributed by atoms with Crippen LogP contribution in [0, 0.1) is 0 Å². The predicted molar refractivity (Wildman–Crippen MR) is 157 cm³/mol. The highest BCUT2D eigenvalue weighted by Crippen LogP contribution is 2.33. The number of benzene rings is 2. The molecule has 12 heteroatoms. The van der Waals surface area contributed by atoms with E-state index in [2.05, 4.69) is 25.5 Å². The van der Waals surface area contributed by atoms with E-state index < -0.39 is 5.97 Å². The highest BCUT2D eigenvalue weighted by Gasteiger charge is 2.26. The molecular weight excluding hydrogens is 532 g/mol. The molecule has 2 fully saturated rings. The lowest BCUT2D eigenvalue weighted by Gasteiger charge is -2.29. The molecule has 0 saturated carbocycles. The number of amides is 2. The summed E-state index contributed by atoms with van der Waals surface area (Å²) in [6, 6.07) is 14.4. The third-order valence-electron chi connectivity index (χ3n) is 6.55. The van der Waals surface area contributed by atoms with E-state index in [0.29, 0.717) is 49.1 Å². The quantitative estimate of drug-likeness (QED) is 0.365. The van der Waals surface area contributed by atoms with Crippen LogP contribution in [-0.4, -0.2) is 84.6 Å². The van der Waals surface area contributed by atoms with E-state index in [1.165, 1.54) is 0 Å². The first-order valence-corrected chi connectivity index (χ1v) is 14.4. The Morgan fingerprint density at radius 1 is 0.925 bits per heavy atom.